The number of hydrogen-bond acceptors (Lipinski definition) is 4. The van der Waals surface area contributed by atoms with E-state index in [0.29, 0.717) is 0 Å². The van der Waals surface area contributed by atoms with E-state index >= 15 is 0 Å². The van der Waals surface area contributed by atoms with Crippen molar-refractivity contribution in [1.29, 1.82) is 5.26 Å². The third kappa shape index (κ3) is 3.24. The van der Waals surface area contributed by atoms with Gasteiger partial charge in [-0.05, 0) is 24.3 Å². The number of nitrogens with zero attached hydrogens (tertiary/aromatic N) is 1. The molecule has 0 spiro atoms. The molecule has 0 unspecified atom stereocenters. The number of nitriles is 1. The number of benzene rings is 2. The van der Waals surface area contributed by atoms with Crippen LogP contribution >= 0.6 is 11.6 Å². The minimum absolute atomic E-state index is 0.152. The Morgan fingerprint density at radius 3 is 2.67 bits per heavy atom. The van der Waals surface area contributed by atoms with Crippen molar-refractivity contribution in [3.05, 3.63) is 52.8 Å². The van der Waals surface area contributed by atoms with Gasteiger partial charge in [0.1, 0.15) is 5.82 Å². The van der Waals surface area contributed by atoms with Gasteiger partial charge in [-0.15, -0.1) is 0 Å². The maximum absolute atomic E-state index is 13.2. The molecule has 0 atom stereocenters. The van der Waals surface area contributed by atoms with Crippen molar-refractivity contribution in [2.75, 3.05) is 4.72 Å². The number of aromatic hydroxyl groups is 1. The first-order valence-corrected chi connectivity index (χ1v) is 7.40. The van der Waals surface area contributed by atoms with Crippen LogP contribution < -0.4 is 4.72 Å². The number of rotatable bonds is 3. The minimum atomic E-state index is -4.09. The van der Waals surface area contributed by atoms with E-state index in [4.69, 9.17) is 16.9 Å². The van der Waals surface area contributed by atoms with Gasteiger partial charge in [0.15, 0.2) is 5.75 Å². The van der Waals surface area contributed by atoms with Crippen LogP contribution in [0.2, 0.25) is 5.02 Å². The fourth-order valence-corrected chi connectivity index (χ4v) is 2.89. The summed E-state index contributed by atoms with van der Waals surface area (Å²) < 4.78 is 39.5. The van der Waals surface area contributed by atoms with E-state index in [0.717, 1.165) is 18.2 Å². The third-order valence-electron chi connectivity index (χ3n) is 2.55. The second kappa shape index (κ2) is 5.60. The SMILES string of the molecule is N#Cc1cccc(S(=O)(=O)Nc2cc(F)cc(Cl)c2O)c1. The molecule has 5 nitrogen and oxygen atoms in total. The van der Waals surface area contributed by atoms with Gasteiger partial charge >= 0.3 is 0 Å². The van der Waals surface area contributed by atoms with Gasteiger partial charge in [-0.25, -0.2) is 12.8 Å². The van der Waals surface area contributed by atoms with Crippen molar-refractivity contribution in [1.82, 2.24) is 0 Å². The van der Waals surface area contributed by atoms with Gasteiger partial charge in [0, 0.05) is 6.07 Å². The lowest BCUT2D eigenvalue weighted by Crippen LogP contribution is -2.13. The Bertz CT molecular complexity index is 847. The zero-order chi connectivity index (χ0) is 15.6. The summed E-state index contributed by atoms with van der Waals surface area (Å²) in [6, 6.07) is 8.71. The number of sulfonamides is 1. The maximum Gasteiger partial charge on any atom is 0.262 e. The third-order valence-corrected chi connectivity index (χ3v) is 4.20. The number of anilines is 1. The molecule has 0 amide bonds. The molecule has 2 aromatic carbocycles. The Kier molecular flexibility index (Phi) is 4.02. The van der Waals surface area contributed by atoms with Crippen LogP contribution in [-0.2, 0) is 10.0 Å². The normalized spacial score (nSPS) is 10.9. The molecule has 21 heavy (non-hydrogen) atoms. The standard InChI is InChI=1S/C13H8ClFN2O3S/c14-11-5-9(15)6-12(13(11)18)17-21(19,20)10-3-1-2-8(4-10)7-16/h1-6,17-18H. The van der Waals surface area contributed by atoms with E-state index in [1.807, 2.05) is 10.8 Å². The summed E-state index contributed by atoms with van der Waals surface area (Å²) in [5, 5.41) is 18.1. The molecule has 2 rings (SSSR count). The first-order valence-electron chi connectivity index (χ1n) is 5.54. The van der Waals surface area contributed by atoms with Gasteiger partial charge in [0.2, 0.25) is 0 Å². The Morgan fingerprint density at radius 2 is 2.00 bits per heavy atom. The molecule has 0 saturated heterocycles. The maximum atomic E-state index is 13.2. The molecule has 0 aromatic heterocycles. The number of nitrogens with one attached hydrogen (secondary N) is 1. The zero-order valence-electron chi connectivity index (χ0n) is 10.3. The fourth-order valence-electron chi connectivity index (χ4n) is 1.58. The summed E-state index contributed by atoms with van der Waals surface area (Å²) in [5.74, 6) is -1.39. The molecule has 0 heterocycles. The number of halogens is 2. The average Bonchev–Trinajstić information content (AvgIpc) is 2.44. The Labute approximate surface area is 125 Å². The summed E-state index contributed by atoms with van der Waals surface area (Å²) in [5.41, 5.74) is -0.235. The van der Waals surface area contributed by atoms with E-state index in [9.17, 15) is 17.9 Å². The van der Waals surface area contributed by atoms with Crippen molar-refractivity contribution in [2.45, 2.75) is 4.90 Å². The largest absolute Gasteiger partial charge is 0.504 e. The zero-order valence-corrected chi connectivity index (χ0v) is 11.9. The molecule has 0 radical (unpaired) electrons. The van der Waals surface area contributed by atoms with Gasteiger partial charge in [-0.1, -0.05) is 17.7 Å². The van der Waals surface area contributed by atoms with Crippen LogP contribution in [0.1, 0.15) is 5.56 Å². The predicted molar refractivity (Wildman–Crippen MR) is 75.0 cm³/mol. The lowest BCUT2D eigenvalue weighted by molar-refractivity contribution is 0.476. The second-order valence-corrected chi connectivity index (χ2v) is 6.12. The van der Waals surface area contributed by atoms with Crippen molar-refractivity contribution < 1.29 is 17.9 Å². The van der Waals surface area contributed by atoms with Gasteiger partial charge < -0.3 is 5.11 Å². The molecule has 0 aliphatic heterocycles. The van der Waals surface area contributed by atoms with Crippen LogP contribution in [0.3, 0.4) is 0 Å². The first kappa shape index (κ1) is 15.1. The minimum Gasteiger partial charge on any atom is -0.504 e. The van der Waals surface area contributed by atoms with E-state index in [1.54, 1.807) is 0 Å². The van der Waals surface area contributed by atoms with Gasteiger partial charge in [-0.3, -0.25) is 4.72 Å². The van der Waals surface area contributed by atoms with Crippen molar-refractivity contribution in [3.63, 3.8) is 0 Å². The summed E-state index contributed by atoms with van der Waals surface area (Å²) in [4.78, 5) is -0.193. The predicted octanol–water partition coefficient (Wildman–Crippen LogP) is 2.86. The first-order chi connectivity index (χ1) is 9.83. The quantitative estimate of drug-likeness (QED) is 0.849. The van der Waals surface area contributed by atoms with Gasteiger partial charge in [0.05, 0.1) is 27.2 Å². The molecule has 8 heteroatoms. The van der Waals surface area contributed by atoms with E-state index in [1.165, 1.54) is 18.2 Å². The Balaban J connectivity index is 2.45. The van der Waals surface area contributed by atoms with Crippen LogP contribution in [0.25, 0.3) is 0 Å². The lowest BCUT2D eigenvalue weighted by Gasteiger charge is -2.11. The van der Waals surface area contributed by atoms with Crippen LogP contribution in [0, 0.1) is 17.1 Å². The highest BCUT2D eigenvalue weighted by Crippen LogP contribution is 2.34. The fraction of sp³-hybridized carbons (Fsp3) is 0. The Morgan fingerprint density at radius 1 is 1.29 bits per heavy atom. The molecule has 0 bridgehead atoms. The smallest absolute Gasteiger partial charge is 0.262 e. The van der Waals surface area contributed by atoms with Crippen LogP contribution in [0.5, 0.6) is 5.75 Å². The number of phenolic OH excluding ortho intramolecular Hbond substituents is 1. The highest BCUT2D eigenvalue weighted by molar-refractivity contribution is 7.92. The number of hydrogen-bond donors (Lipinski definition) is 2. The van der Waals surface area contributed by atoms with Crippen LogP contribution in [-0.4, -0.2) is 13.5 Å². The van der Waals surface area contributed by atoms with E-state index < -0.39 is 21.6 Å². The van der Waals surface area contributed by atoms with Crippen LogP contribution in [0.4, 0.5) is 10.1 Å². The summed E-state index contributed by atoms with van der Waals surface area (Å²) in [6.07, 6.45) is 0. The highest BCUT2D eigenvalue weighted by atomic mass is 35.5. The molecular weight excluding hydrogens is 319 g/mol. The van der Waals surface area contributed by atoms with E-state index in [-0.39, 0.29) is 21.2 Å². The van der Waals surface area contributed by atoms with Crippen molar-refractivity contribution in [3.8, 4) is 11.8 Å². The van der Waals surface area contributed by atoms with Crippen LogP contribution in [0.15, 0.2) is 41.3 Å². The van der Waals surface area contributed by atoms with Crippen molar-refractivity contribution in [2.24, 2.45) is 0 Å². The average molecular weight is 327 g/mol. The molecular formula is C13H8ClFN2O3S. The molecule has 108 valence electrons. The van der Waals surface area contributed by atoms with Gasteiger partial charge in [0.25, 0.3) is 10.0 Å². The van der Waals surface area contributed by atoms with Gasteiger partial charge in [-0.2, -0.15) is 5.26 Å². The topological polar surface area (TPSA) is 90.2 Å². The molecule has 2 aromatic rings. The lowest BCUT2D eigenvalue weighted by atomic mass is 10.2. The molecule has 0 aliphatic rings. The molecule has 2 N–H and O–H groups in total. The molecule has 0 saturated carbocycles. The van der Waals surface area contributed by atoms with E-state index in [2.05, 4.69) is 0 Å². The number of phenols is 1. The summed E-state index contributed by atoms with van der Waals surface area (Å²) in [6.45, 7) is 0. The van der Waals surface area contributed by atoms with Crippen molar-refractivity contribution >= 4 is 27.3 Å². The summed E-state index contributed by atoms with van der Waals surface area (Å²) in [7, 11) is -4.09. The molecule has 0 aliphatic carbocycles. The summed E-state index contributed by atoms with van der Waals surface area (Å²) >= 11 is 5.57. The second-order valence-electron chi connectivity index (χ2n) is 4.03. The monoisotopic (exact) mass is 326 g/mol. The molecule has 0 fully saturated rings. The Hall–Kier alpha value is -2.30. The highest BCUT2D eigenvalue weighted by Gasteiger charge is 2.18.